The fourth-order valence-electron chi connectivity index (χ4n) is 0.872. The van der Waals surface area contributed by atoms with Gasteiger partial charge in [0.15, 0.2) is 0 Å². The van der Waals surface area contributed by atoms with Crippen LogP contribution in [0.15, 0.2) is 18.2 Å². The normalized spacial score (nSPS) is 9.64. The summed E-state index contributed by atoms with van der Waals surface area (Å²) in [5.41, 5.74) is 7.19. The van der Waals surface area contributed by atoms with Crippen molar-refractivity contribution in [3.05, 3.63) is 23.8 Å². The van der Waals surface area contributed by atoms with Crippen LogP contribution in [-0.2, 0) is 5.88 Å². The molecule has 0 aliphatic heterocycles. The van der Waals surface area contributed by atoms with Gasteiger partial charge in [-0.1, -0.05) is 6.07 Å². The zero-order chi connectivity index (χ0) is 8.27. The molecule has 0 unspecified atom stereocenters. The summed E-state index contributed by atoms with van der Waals surface area (Å²) in [5, 5.41) is 0. The summed E-state index contributed by atoms with van der Waals surface area (Å²) in [6.45, 7) is 0. The van der Waals surface area contributed by atoms with Gasteiger partial charge in [0, 0.05) is 17.3 Å². The highest BCUT2D eigenvalue weighted by Crippen LogP contribution is 2.22. The largest absolute Gasteiger partial charge is 0.496 e. The van der Waals surface area contributed by atoms with E-state index in [1.54, 1.807) is 19.2 Å². The van der Waals surface area contributed by atoms with Crippen molar-refractivity contribution in [3.8, 4) is 5.75 Å². The molecule has 60 valence electrons. The molecule has 2 nitrogen and oxygen atoms in total. The number of alkyl halides is 1. The van der Waals surface area contributed by atoms with Gasteiger partial charge in [-0.25, -0.2) is 0 Å². The van der Waals surface area contributed by atoms with Gasteiger partial charge in [-0.3, -0.25) is 0 Å². The fraction of sp³-hybridized carbons (Fsp3) is 0.250. The molecule has 1 aromatic carbocycles. The minimum Gasteiger partial charge on any atom is -0.496 e. The lowest BCUT2D eigenvalue weighted by molar-refractivity contribution is 0.411. The Balaban J connectivity index is 3.06. The number of hydrogen-bond donors (Lipinski definition) is 1. The topological polar surface area (TPSA) is 35.2 Å². The van der Waals surface area contributed by atoms with Crippen LogP contribution in [0.5, 0.6) is 5.75 Å². The molecule has 0 bridgehead atoms. The quantitative estimate of drug-likeness (QED) is 0.546. The van der Waals surface area contributed by atoms with E-state index < -0.39 is 0 Å². The highest BCUT2D eigenvalue weighted by molar-refractivity contribution is 6.17. The van der Waals surface area contributed by atoms with Crippen molar-refractivity contribution in [2.45, 2.75) is 5.88 Å². The second-order valence-corrected chi connectivity index (χ2v) is 2.47. The minimum absolute atomic E-state index is 0.448. The molecule has 0 fully saturated rings. The monoisotopic (exact) mass is 171 g/mol. The first-order valence-electron chi connectivity index (χ1n) is 3.26. The number of halogens is 1. The summed E-state index contributed by atoms with van der Waals surface area (Å²) >= 11 is 5.64. The maximum atomic E-state index is 5.64. The maximum Gasteiger partial charge on any atom is 0.125 e. The molecule has 0 heterocycles. The van der Waals surface area contributed by atoms with E-state index in [-0.39, 0.29) is 0 Å². The molecule has 0 aromatic heterocycles. The molecule has 3 heteroatoms. The zero-order valence-electron chi connectivity index (χ0n) is 6.30. The standard InChI is InChI=1S/C8H10ClNO/c1-11-8-4-7(10)3-2-6(8)5-9/h2-4H,5,10H2,1H3. The number of hydrogen-bond acceptors (Lipinski definition) is 2. The predicted octanol–water partition coefficient (Wildman–Crippen LogP) is 2.02. The van der Waals surface area contributed by atoms with Gasteiger partial charge in [-0.05, 0) is 6.07 Å². The smallest absolute Gasteiger partial charge is 0.125 e. The number of ether oxygens (including phenoxy) is 1. The van der Waals surface area contributed by atoms with Crippen molar-refractivity contribution in [2.24, 2.45) is 0 Å². The van der Waals surface area contributed by atoms with Crippen LogP contribution >= 0.6 is 11.6 Å². The van der Waals surface area contributed by atoms with Crippen molar-refractivity contribution in [3.63, 3.8) is 0 Å². The molecule has 0 aliphatic rings. The summed E-state index contributed by atoms with van der Waals surface area (Å²) < 4.78 is 5.05. The van der Waals surface area contributed by atoms with Crippen LogP contribution in [0.25, 0.3) is 0 Å². The van der Waals surface area contributed by atoms with E-state index in [4.69, 9.17) is 22.1 Å². The van der Waals surface area contributed by atoms with Gasteiger partial charge >= 0.3 is 0 Å². The number of anilines is 1. The number of nitrogens with two attached hydrogens (primary N) is 1. The molecule has 0 aliphatic carbocycles. The number of nitrogen functional groups attached to an aromatic ring is 1. The fourth-order valence-corrected chi connectivity index (χ4v) is 1.09. The summed E-state index contributed by atoms with van der Waals surface area (Å²) in [4.78, 5) is 0. The molecular weight excluding hydrogens is 162 g/mol. The highest BCUT2D eigenvalue weighted by atomic mass is 35.5. The van der Waals surface area contributed by atoms with Gasteiger partial charge in [0.2, 0.25) is 0 Å². The van der Waals surface area contributed by atoms with Gasteiger partial charge in [-0.2, -0.15) is 0 Å². The molecule has 2 N–H and O–H groups in total. The van der Waals surface area contributed by atoms with Crippen LogP contribution in [0, 0.1) is 0 Å². The van der Waals surface area contributed by atoms with Crippen molar-refractivity contribution < 1.29 is 4.74 Å². The molecule has 0 saturated heterocycles. The van der Waals surface area contributed by atoms with Crippen molar-refractivity contribution >= 4 is 17.3 Å². The first-order valence-corrected chi connectivity index (χ1v) is 3.79. The second kappa shape index (κ2) is 3.49. The lowest BCUT2D eigenvalue weighted by atomic mass is 10.2. The molecule has 0 radical (unpaired) electrons. The summed E-state index contributed by atoms with van der Waals surface area (Å²) in [6.07, 6.45) is 0. The van der Waals surface area contributed by atoms with Crippen LogP contribution in [0.1, 0.15) is 5.56 Å². The van der Waals surface area contributed by atoms with E-state index in [2.05, 4.69) is 0 Å². The van der Waals surface area contributed by atoms with E-state index in [1.807, 2.05) is 6.07 Å². The van der Waals surface area contributed by atoms with E-state index in [1.165, 1.54) is 0 Å². The third-order valence-electron chi connectivity index (χ3n) is 1.46. The molecule has 11 heavy (non-hydrogen) atoms. The third kappa shape index (κ3) is 1.77. The molecular formula is C8H10ClNO. The van der Waals surface area contributed by atoms with Gasteiger partial charge < -0.3 is 10.5 Å². The summed E-state index contributed by atoms with van der Waals surface area (Å²) in [7, 11) is 1.60. The Morgan fingerprint density at radius 3 is 2.82 bits per heavy atom. The predicted molar refractivity (Wildman–Crippen MR) is 47.0 cm³/mol. The molecule has 1 aromatic rings. The Bertz CT molecular complexity index is 250. The highest BCUT2D eigenvalue weighted by Gasteiger charge is 2.00. The number of benzene rings is 1. The molecule has 1 rings (SSSR count). The lowest BCUT2D eigenvalue weighted by Gasteiger charge is -2.05. The maximum absolute atomic E-state index is 5.64. The SMILES string of the molecule is COc1cc(N)ccc1CCl. The molecule has 0 saturated carbocycles. The average Bonchev–Trinajstić information content (AvgIpc) is 2.04. The molecule has 0 spiro atoms. The van der Waals surface area contributed by atoms with Crippen LogP contribution in [-0.4, -0.2) is 7.11 Å². The van der Waals surface area contributed by atoms with E-state index in [0.717, 1.165) is 11.3 Å². The summed E-state index contributed by atoms with van der Waals surface area (Å²) in [6, 6.07) is 5.43. The van der Waals surface area contributed by atoms with Crippen molar-refractivity contribution in [1.29, 1.82) is 0 Å². The van der Waals surface area contributed by atoms with E-state index in [9.17, 15) is 0 Å². The zero-order valence-corrected chi connectivity index (χ0v) is 7.06. The number of methoxy groups -OCH3 is 1. The van der Waals surface area contributed by atoms with Crippen LogP contribution < -0.4 is 10.5 Å². The Morgan fingerprint density at radius 1 is 1.55 bits per heavy atom. The lowest BCUT2D eigenvalue weighted by Crippen LogP contribution is -1.91. The van der Waals surface area contributed by atoms with E-state index in [0.29, 0.717) is 11.6 Å². The third-order valence-corrected chi connectivity index (χ3v) is 1.74. The van der Waals surface area contributed by atoms with Gasteiger partial charge in [0.05, 0.1) is 13.0 Å². The number of rotatable bonds is 2. The van der Waals surface area contributed by atoms with Crippen LogP contribution in [0.2, 0.25) is 0 Å². The first-order chi connectivity index (χ1) is 5.27. The average molecular weight is 172 g/mol. The molecule has 0 amide bonds. The van der Waals surface area contributed by atoms with Crippen molar-refractivity contribution in [1.82, 2.24) is 0 Å². The minimum atomic E-state index is 0.448. The Morgan fingerprint density at radius 2 is 2.27 bits per heavy atom. The Hall–Kier alpha value is -0.890. The van der Waals surface area contributed by atoms with Crippen LogP contribution in [0.3, 0.4) is 0 Å². The van der Waals surface area contributed by atoms with Gasteiger partial charge in [-0.15, -0.1) is 11.6 Å². The Kier molecular flexibility index (Phi) is 2.60. The van der Waals surface area contributed by atoms with E-state index >= 15 is 0 Å². The van der Waals surface area contributed by atoms with Crippen LogP contribution in [0.4, 0.5) is 5.69 Å². The molecule has 0 atom stereocenters. The summed E-state index contributed by atoms with van der Waals surface area (Å²) in [5.74, 6) is 1.20. The van der Waals surface area contributed by atoms with Gasteiger partial charge in [0.25, 0.3) is 0 Å². The van der Waals surface area contributed by atoms with Gasteiger partial charge in [0.1, 0.15) is 5.75 Å². The Labute approximate surface area is 70.9 Å². The second-order valence-electron chi connectivity index (χ2n) is 2.20. The van der Waals surface area contributed by atoms with Crippen molar-refractivity contribution in [2.75, 3.05) is 12.8 Å². The first kappa shape index (κ1) is 8.21.